The second-order valence-corrected chi connectivity index (χ2v) is 37.8. The van der Waals surface area contributed by atoms with Crippen molar-refractivity contribution < 1.29 is 34.7 Å². The van der Waals surface area contributed by atoms with E-state index < -0.39 is 27.4 Å². The summed E-state index contributed by atoms with van der Waals surface area (Å²) in [6.45, 7) is 28.5. The minimum absolute atomic E-state index is 0.0423. The normalized spacial score (nSPS) is 17.2. The Hall–Kier alpha value is -11.7. The van der Waals surface area contributed by atoms with Gasteiger partial charge in [0.05, 0.1) is 11.1 Å². The predicted octanol–water partition coefficient (Wildman–Crippen LogP) is 27.3. The molecule has 4 aliphatic rings. The zero-order valence-corrected chi connectivity index (χ0v) is 73.6. The van der Waals surface area contributed by atoms with Crippen LogP contribution in [0.2, 0.25) is 0 Å². The monoisotopic (exact) mass is 1580 g/mol. The summed E-state index contributed by atoms with van der Waals surface area (Å²) in [5, 5.41) is 10.3. The second kappa shape index (κ2) is 29.6. The van der Waals surface area contributed by atoms with E-state index in [2.05, 4.69) is 305 Å². The first kappa shape index (κ1) is 67.1. The van der Waals surface area contributed by atoms with E-state index in [4.69, 9.17) is 16.4 Å². The van der Waals surface area contributed by atoms with Gasteiger partial charge >= 0.3 is 0 Å². The maximum Gasteiger partial charge on any atom is 0.212 e. The molecule has 0 atom stereocenters. The molecule has 12 aromatic carbocycles. The van der Waals surface area contributed by atoms with Crippen LogP contribution in [0.5, 0.6) is 0 Å². The van der Waals surface area contributed by atoms with Gasteiger partial charge in [-0.15, -0.1) is 0 Å². The molecule has 0 saturated carbocycles. The minimum atomic E-state index is -2.12. The van der Waals surface area contributed by atoms with Crippen molar-refractivity contribution in [2.24, 2.45) is 28.2 Å². The highest BCUT2D eigenvalue weighted by molar-refractivity contribution is 6.03. The van der Waals surface area contributed by atoms with E-state index in [1.807, 2.05) is 70.7 Å². The van der Waals surface area contributed by atoms with Crippen LogP contribution in [0.25, 0.3) is 133 Å². The summed E-state index contributed by atoms with van der Waals surface area (Å²) in [6, 6.07) is 85.8. The molecule has 4 aromatic heterocycles. The fourth-order valence-electron chi connectivity index (χ4n) is 20.8. The lowest BCUT2D eigenvalue weighted by Gasteiger charge is -2.49. The molecule has 4 heterocycles. The van der Waals surface area contributed by atoms with Gasteiger partial charge in [0.1, 0.15) is 28.2 Å². The average Bonchev–Trinajstić information content (AvgIpc) is 0.691. The molecule has 0 bridgehead atoms. The van der Waals surface area contributed by atoms with Crippen LogP contribution in [0.4, 0.5) is 0 Å². The number of aryl methyl sites for hydroxylation is 13. The number of pyridine rings is 4. The van der Waals surface area contributed by atoms with E-state index in [9.17, 15) is 0 Å². The maximum atomic E-state index is 7.82. The Morgan fingerprint density at radius 2 is 0.600 bits per heavy atom. The van der Waals surface area contributed by atoms with Crippen LogP contribution in [0.3, 0.4) is 0 Å². The second-order valence-electron chi connectivity index (χ2n) is 37.8. The zero-order chi connectivity index (χ0) is 94.9. The molecule has 0 saturated heterocycles. The molecule has 0 unspecified atom stereocenters. The number of hydrogen-bond donors (Lipinski definition) is 0. The summed E-state index contributed by atoms with van der Waals surface area (Å²) in [4.78, 5) is 0. The van der Waals surface area contributed by atoms with Crippen molar-refractivity contribution in [3.63, 3.8) is 0 Å². The van der Waals surface area contributed by atoms with E-state index in [1.165, 1.54) is 165 Å². The Balaban J connectivity index is 0.000000123. The van der Waals surface area contributed by atoms with E-state index in [-0.39, 0.29) is 32.5 Å². The SMILES string of the molecule is [2H]C([2H])([2H])c1ccc(-c2c(C)ccc3c2C(C)(C)C(C)(C)c2c-3ccc3ccccc23)[n+](C)c1.[2H]C([2H])([2H])c1ccc(-c2c(C)ccc3c2CCc2c-3ccc3ccccc23)[n+](C)c1.[2H]C([2H])([2H])c1ccc(-c2cc3c(cc2C)C(C)(C)C(C)(C)c2cc4ccccc4cc2-3)[n+](C)c1.[2H]C([2H])([2H])c1ccc(-c2cc3c(cc2C)C(C)(C)C(C)(C)c2ccc4ccccc4c2-3)[n+](C)c1. The maximum absolute atomic E-state index is 7.82. The van der Waals surface area contributed by atoms with E-state index in [0.29, 0.717) is 22.3 Å². The van der Waals surface area contributed by atoms with Gasteiger partial charge in [0.25, 0.3) is 0 Å². The van der Waals surface area contributed by atoms with Crippen LogP contribution >= 0.6 is 0 Å². The molecule has 600 valence electrons. The summed E-state index contributed by atoms with van der Waals surface area (Å²) in [5.41, 5.74) is 35.9. The molecule has 0 radical (unpaired) electrons. The van der Waals surface area contributed by atoms with Crippen LogP contribution in [-0.4, -0.2) is 0 Å². The lowest BCUT2D eigenvalue weighted by atomic mass is 9.53. The topological polar surface area (TPSA) is 15.5 Å². The minimum Gasteiger partial charge on any atom is -0.201 e. The summed E-state index contributed by atoms with van der Waals surface area (Å²) >= 11 is 0. The highest BCUT2D eigenvalue weighted by atomic mass is 14.9. The molecular formula is C116H120N4+4. The molecule has 4 nitrogen and oxygen atoms in total. The molecule has 4 aliphatic carbocycles. The van der Waals surface area contributed by atoms with Gasteiger partial charge in [-0.05, 0) is 292 Å². The summed E-state index contributed by atoms with van der Waals surface area (Å²) in [6.07, 6.45) is 8.95. The standard InChI is InChI=1S/3C30H32N.C26H24N/c1-19-12-17-25(31(7)18-19)26-20(2)13-15-24-23-16-14-21-10-8-9-11-22(21)27(23)29(3,4)30(5,6)28(24)26;1-19-12-15-27(31(7)18-19)23-17-24-26(16-20(23)2)30(5,6)29(3,4)25-14-13-21-10-8-9-11-22(21)28(24)25;1-19-12-13-28(31(7)18-19)23-17-25-24-15-21-10-8-9-11-22(21)16-27(24)30(5,6)29(3,4)26(25)14-20(23)2;1-17-8-15-25(27(3)16-17)26-18(2)9-11-23-22-12-10-19-6-4-5-7-20(19)21(22)13-14-24(23)26/h3*8-18H,1-7H3;4-12,15-16H,13-14H2,1-3H3/q4*+1/i4*1D3. The Morgan fingerprint density at radius 1 is 0.242 bits per heavy atom. The average molecular weight is 1580 g/mol. The lowest BCUT2D eigenvalue weighted by molar-refractivity contribution is -0.660. The third-order valence-electron chi connectivity index (χ3n) is 29.4. The smallest absolute Gasteiger partial charge is 0.201 e. The van der Waals surface area contributed by atoms with Crippen molar-refractivity contribution in [1.82, 2.24) is 0 Å². The van der Waals surface area contributed by atoms with Gasteiger partial charge in [-0.25, -0.2) is 18.3 Å². The van der Waals surface area contributed by atoms with Gasteiger partial charge in [-0.2, -0.15) is 0 Å². The number of nitrogens with zero attached hydrogens (tertiary/aromatic N) is 4. The number of benzene rings is 12. The van der Waals surface area contributed by atoms with Crippen LogP contribution in [0, 0.1) is 55.1 Å². The lowest BCUT2D eigenvalue weighted by Crippen LogP contribution is -2.45. The van der Waals surface area contributed by atoms with Gasteiger partial charge in [0.2, 0.25) is 22.8 Å². The Labute approximate surface area is 731 Å². The molecule has 0 N–H and O–H groups in total. The Morgan fingerprint density at radius 3 is 1.13 bits per heavy atom. The van der Waals surface area contributed by atoms with Crippen LogP contribution in [0.1, 0.15) is 189 Å². The van der Waals surface area contributed by atoms with E-state index in [1.54, 1.807) is 49.1 Å². The Kier molecular flexibility index (Phi) is 16.6. The molecule has 16 aromatic rings. The summed E-state index contributed by atoms with van der Waals surface area (Å²) < 4.78 is 101. The van der Waals surface area contributed by atoms with Gasteiger partial charge < -0.3 is 0 Å². The van der Waals surface area contributed by atoms with Gasteiger partial charge in [-0.3, -0.25) is 0 Å². The fourth-order valence-corrected chi connectivity index (χ4v) is 20.8. The number of hydrogen-bond acceptors (Lipinski definition) is 0. The van der Waals surface area contributed by atoms with Crippen molar-refractivity contribution in [2.45, 2.75) is 184 Å². The number of aromatic nitrogens is 4. The van der Waals surface area contributed by atoms with Gasteiger partial charge in [0.15, 0.2) is 24.8 Å². The highest BCUT2D eigenvalue weighted by Gasteiger charge is 2.51. The molecule has 0 aliphatic heterocycles. The summed E-state index contributed by atoms with van der Waals surface area (Å²) in [5.74, 6) is 0. The number of rotatable bonds is 4. The van der Waals surface area contributed by atoms with Crippen LogP contribution in [-0.2, 0) is 73.5 Å². The molecule has 0 spiro atoms. The Bertz CT molecular complexity index is 7400. The largest absolute Gasteiger partial charge is 0.212 e. The van der Waals surface area contributed by atoms with E-state index >= 15 is 0 Å². The van der Waals surface area contributed by atoms with Crippen molar-refractivity contribution in [3.8, 4) is 89.5 Å². The third-order valence-corrected chi connectivity index (χ3v) is 29.4. The fraction of sp³-hybridized carbons (Fsp3) is 0.276. The first-order valence-electron chi connectivity index (χ1n) is 48.5. The quantitative estimate of drug-likeness (QED) is 0.156. The first-order valence-corrected chi connectivity index (χ1v) is 42.5. The first-order chi connectivity index (χ1) is 61.9. The van der Waals surface area contributed by atoms with Gasteiger partial charge in [-0.1, -0.05) is 253 Å². The van der Waals surface area contributed by atoms with Gasteiger partial charge in [0, 0.05) is 84.9 Å². The van der Waals surface area contributed by atoms with Crippen molar-refractivity contribution in [1.29, 1.82) is 0 Å². The molecular weight excluding hydrogens is 1450 g/mol. The molecule has 4 heteroatoms. The molecule has 20 rings (SSSR count). The van der Waals surface area contributed by atoms with E-state index in [0.717, 1.165) is 46.7 Å². The van der Waals surface area contributed by atoms with Crippen LogP contribution in [0.15, 0.2) is 267 Å². The van der Waals surface area contributed by atoms with Crippen LogP contribution < -0.4 is 18.3 Å². The number of fused-ring (bicyclic) bond motifs is 19. The predicted molar refractivity (Wildman–Crippen MR) is 507 cm³/mol. The molecule has 0 amide bonds. The van der Waals surface area contributed by atoms with Crippen molar-refractivity contribution in [3.05, 3.63) is 356 Å². The highest BCUT2D eigenvalue weighted by Crippen LogP contribution is 2.61. The summed E-state index contributed by atoms with van der Waals surface area (Å²) in [7, 11) is 7.75. The zero-order valence-electron chi connectivity index (χ0n) is 85.6. The van der Waals surface area contributed by atoms with Crippen molar-refractivity contribution in [2.75, 3.05) is 0 Å². The van der Waals surface area contributed by atoms with Crippen molar-refractivity contribution >= 4 is 43.1 Å². The third kappa shape index (κ3) is 13.0. The molecule has 120 heavy (non-hydrogen) atoms. The molecule has 0 fully saturated rings.